The summed E-state index contributed by atoms with van der Waals surface area (Å²) in [5.41, 5.74) is 0.0631. The van der Waals surface area contributed by atoms with Gasteiger partial charge in [0.2, 0.25) is 5.91 Å². The minimum Gasteiger partial charge on any atom is -0.323 e. The quantitative estimate of drug-likeness (QED) is 0.731. The number of halogens is 1. The third-order valence-corrected chi connectivity index (χ3v) is 4.89. The van der Waals surface area contributed by atoms with Gasteiger partial charge in [0.25, 0.3) is 5.56 Å². The van der Waals surface area contributed by atoms with Crippen molar-refractivity contribution in [2.24, 2.45) is 0 Å². The molecule has 1 N–H and O–H groups in total. The Hall–Kier alpha value is -2.86. The second-order valence-electron chi connectivity index (χ2n) is 6.35. The van der Waals surface area contributed by atoms with E-state index in [4.69, 9.17) is 11.6 Å². The number of hydrogen-bond donors (Lipinski definition) is 1. The average Bonchev–Trinajstić information content (AvgIpc) is 2.67. The van der Waals surface area contributed by atoms with Crippen LogP contribution in [-0.4, -0.2) is 15.0 Å². The van der Waals surface area contributed by atoms with Gasteiger partial charge in [-0.25, -0.2) is 4.79 Å². The Bertz CT molecular complexity index is 1120. The minimum absolute atomic E-state index is 0.221. The molecule has 0 radical (unpaired) electrons. The lowest BCUT2D eigenvalue weighted by molar-refractivity contribution is -0.116. The molecule has 140 valence electrons. The second kappa shape index (κ2) is 7.80. The zero-order valence-electron chi connectivity index (χ0n) is 15.1. The van der Waals surface area contributed by atoms with Gasteiger partial charge in [-0.3, -0.25) is 18.7 Å². The second-order valence-corrected chi connectivity index (χ2v) is 6.75. The molecule has 0 aliphatic carbocycles. The number of rotatable bonds is 5. The Balaban J connectivity index is 2.08. The largest absolute Gasteiger partial charge is 0.332 e. The molecule has 1 aromatic heterocycles. The number of carbonyl (C=O) groups is 1. The van der Waals surface area contributed by atoms with E-state index in [1.165, 1.54) is 9.13 Å². The number of carbonyl (C=O) groups excluding carboxylic acids is 1. The van der Waals surface area contributed by atoms with Gasteiger partial charge in [0.05, 0.1) is 21.6 Å². The molecule has 0 saturated heterocycles. The van der Waals surface area contributed by atoms with Crippen molar-refractivity contribution in [1.82, 2.24) is 9.13 Å². The summed E-state index contributed by atoms with van der Waals surface area (Å²) in [6.45, 7) is 3.49. The van der Waals surface area contributed by atoms with Crippen LogP contribution in [0.5, 0.6) is 0 Å². The van der Waals surface area contributed by atoms with Crippen LogP contribution >= 0.6 is 11.6 Å². The number of nitrogens with one attached hydrogen (secondary N) is 1. The van der Waals surface area contributed by atoms with Crippen LogP contribution < -0.4 is 16.6 Å². The minimum atomic E-state index is -0.498. The highest BCUT2D eigenvalue weighted by Crippen LogP contribution is 2.20. The van der Waals surface area contributed by atoms with Crippen molar-refractivity contribution < 1.29 is 4.79 Å². The lowest BCUT2D eigenvalue weighted by Gasteiger charge is -2.17. The molecule has 7 heteroatoms. The van der Waals surface area contributed by atoms with E-state index in [2.05, 4.69) is 5.32 Å². The number of anilines is 1. The summed E-state index contributed by atoms with van der Waals surface area (Å²) < 4.78 is 2.54. The van der Waals surface area contributed by atoms with Crippen molar-refractivity contribution in [3.8, 4) is 0 Å². The Morgan fingerprint density at radius 2 is 1.78 bits per heavy atom. The van der Waals surface area contributed by atoms with Gasteiger partial charge in [-0.15, -0.1) is 0 Å². The van der Waals surface area contributed by atoms with Crippen molar-refractivity contribution in [1.29, 1.82) is 0 Å². The van der Waals surface area contributed by atoms with E-state index in [0.717, 1.165) is 0 Å². The molecule has 3 rings (SSSR count). The lowest BCUT2D eigenvalue weighted by Crippen LogP contribution is -2.43. The summed E-state index contributed by atoms with van der Waals surface area (Å²) in [6, 6.07) is 13.4. The Labute approximate surface area is 161 Å². The maximum Gasteiger partial charge on any atom is 0.332 e. The summed E-state index contributed by atoms with van der Waals surface area (Å²) in [7, 11) is 0. The van der Waals surface area contributed by atoms with Crippen molar-refractivity contribution >= 4 is 34.1 Å². The maximum atomic E-state index is 13.0. The molecule has 0 fully saturated rings. The zero-order valence-corrected chi connectivity index (χ0v) is 15.9. The van der Waals surface area contributed by atoms with Gasteiger partial charge in [-0.1, -0.05) is 42.8 Å². The Morgan fingerprint density at radius 1 is 1.11 bits per heavy atom. The first-order valence-corrected chi connectivity index (χ1v) is 9.10. The maximum absolute atomic E-state index is 13.0. The molecule has 3 aromatic rings. The molecule has 0 bridgehead atoms. The number of para-hydroxylation sites is 2. The molecule has 0 aliphatic rings. The van der Waals surface area contributed by atoms with Crippen LogP contribution in [0.1, 0.15) is 26.3 Å². The van der Waals surface area contributed by atoms with Crippen LogP contribution in [0.15, 0.2) is 58.1 Å². The van der Waals surface area contributed by atoms with Gasteiger partial charge in [0.1, 0.15) is 6.54 Å². The number of fused-ring (bicyclic) bond motifs is 1. The predicted octanol–water partition coefficient (Wildman–Crippen LogP) is 3.43. The first-order chi connectivity index (χ1) is 12.9. The molecule has 0 spiro atoms. The third kappa shape index (κ3) is 3.66. The van der Waals surface area contributed by atoms with Crippen molar-refractivity contribution in [2.45, 2.75) is 32.9 Å². The standard InChI is InChI=1S/C20H20ClN3O3/c1-3-13(2)24-19(26)14-8-4-7-11-17(14)23(20(24)27)12-18(25)22-16-10-6-5-9-15(16)21/h4-11,13H,3,12H2,1-2H3,(H,22,25)/t13-/m0/s1. The van der Waals surface area contributed by atoms with E-state index in [0.29, 0.717) is 28.0 Å². The van der Waals surface area contributed by atoms with E-state index >= 15 is 0 Å². The van der Waals surface area contributed by atoms with Gasteiger partial charge < -0.3 is 5.32 Å². The van der Waals surface area contributed by atoms with E-state index in [9.17, 15) is 14.4 Å². The van der Waals surface area contributed by atoms with Crippen molar-refractivity contribution in [3.63, 3.8) is 0 Å². The Morgan fingerprint density at radius 3 is 2.48 bits per heavy atom. The number of aromatic nitrogens is 2. The SMILES string of the molecule is CC[C@H](C)n1c(=O)c2ccccc2n(CC(=O)Nc2ccccc2Cl)c1=O. The van der Waals surface area contributed by atoms with Crippen molar-refractivity contribution in [3.05, 3.63) is 74.4 Å². The highest BCUT2D eigenvalue weighted by atomic mass is 35.5. The van der Waals surface area contributed by atoms with Crippen LogP contribution in [0.4, 0.5) is 5.69 Å². The summed E-state index contributed by atoms with van der Waals surface area (Å²) in [6.07, 6.45) is 0.624. The van der Waals surface area contributed by atoms with E-state index < -0.39 is 11.6 Å². The van der Waals surface area contributed by atoms with Gasteiger partial charge in [-0.05, 0) is 37.6 Å². The summed E-state index contributed by atoms with van der Waals surface area (Å²) in [5, 5.41) is 3.53. The molecule has 6 nitrogen and oxygen atoms in total. The molecule has 0 saturated carbocycles. The van der Waals surface area contributed by atoms with Crippen molar-refractivity contribution in [2.75, 3.05) is 5.32 Å². The molecule has 1 amide bonds. The van der Waals surface area contributed by atoms with Gasteiger partial charge in [0.15, 0.2) is 0 Å². The fourth-order valence-electron chi connectivity index (χ4n) is 2.96. The summed E-state index contributed by atoms with van der Waals surface area (Å²) in [5.74, 6) is -0.398. The smallest absolute Gasteiger partial charge is 0.323 e. The van der Waals surface area contributed by atoms with Gasteiger partial charge >= 0.3 is 5.69 Å². The summed E-state index contributed by atoms with van der Waals surface area (Å²) in [4.78, 5) is 38.3. The third-order valence-electron chi connectivity index (χ3n) is 4.56. The number of benzene rings is 2. The molecule has 1 atom stereocenters. The summed E-state index contributed by atoms with van der Waals surface area (Å²) >= 11 is 6.08. The van der Waals surface area contributed by atoms with Crippen LogP contribution in [0.3, 0.4) is 0 Å². The fraction of sp³-hybridized carbons (Fsp3) is 0.250. The van der Waals surface area contributed by atoms with E-state index in [-0.39, 0.29) is 18.1 Å². The van der Waals surface area contributed by atoms with Gasteiger partial charge in [-0.2, -0.15) is 0 Å². The van der Waals surface area contributed by atoms with Crippen LogP contribution in [0, 0.1) is 0 Å². The highest BCUT2D eigenvalue weighted by Gasteiger charge is 2.18. The number of nitrogens with zero attached hydrogens (tertiary/aromatic N) is 2. The Kier molecular flexibility index (Phi) is 5.46. The fourth-order valence-corrected chi connectivity index (χ4v) is 3.14. The first kappa shape index (κ1) is 18.9. The monoisotopic (exact) mass is 385 g/mol. The number of hydrogen-bond acceptors (Lipinski definition) is 3. The molecular weight excluding hydrogens is 366 g/mol. The normalized spacial score (nSPS) is 12.1. The first-order valence-electron chi connectivity index (χ1n) is 8.72. The molecule has 1 heterocycles. The van der Waals surface area contributed by atoms with Crippen LogP contribution in [0.25, 0.3) is 10.9 Å². The lowest BCUT2D eigenvalue weighted by atomic mass is 10.2. The molecular formula is C20H20ClN3O3. The van der Waals surface area contributed by atoms with E-state index in [1.807, 2.05) is 13.8 Å². The number of amides is 1. The van der Waals surface area contributed by atoms with Gasteiger partial charge in [0, 0.05) is 6.04 Å². The average molecular weight is 386 g/mol. The highest BCUT2D eigenvalue weighted by molar-refractivity contribution is 6.33. The van der Waals surface area contributed by atoms with E-state index in [1.54, 1.807) is 48.5 Å². The van der Waals surface area contributed by atoms with Crippen LogP contribution in [0.2, 0.25) is 5.02 Å². The predicted molar refractivity (Wildman–Crippen MR) is 108 cm³/mol. The topological polar surface area (TPSA) is 73.1 Å². The zero-order chi connectivity index (χ0) is 19.6. The van der Waals surface area contributed by atoms with Crippen LogP contribution in [-0.2, 0) is 11.3 Å². The molecule has 2 aromatic carbocycles. The molecule has 27 heavy (non-hydrogen) atoms. The molecule has 0 unspecified atom stereocenters. The molecule has 0 aliphatic heterocycles.